The van der Waals surface area contributed by atoms with Crippen molar-refractivity contribution in [2.75, 3.05) is 0 Å². The molecule has 62 valence electrons. The van der Waals surface area contributed by atoms with Crippen LogP contribution in [0.3, 0.4) is 0 Å². The molecule has 0 bridgehead atoms. The van der Waals surface area contributed by atoms with Crippen molar-refractivity contribution in [3.8, 4) is 0 Å². The lowest BCUT2D eigenvalue weighted by Gasteiger charge is -2.11. The second-order valence-electron chi connectivity index (χ2n) is 3.16. The van der Waals surface area contributed by atoms with Crippen molar-refractivity contribution in [1.29, 1.82) is 0 Å². The van der Waals surface area contributed by atoms with Gasteiger partial charge in [-0.2, -0.15) is 0 Å². The van der Waals surface area contributed by atoms with Gasteiger partial charge < -0.3 is 0 Å². The Bertz CT molecular complexity index is 100. The molecule has 0 saturated heterocycles. The molecule has 0 rings (SSSR count). The number of rotatable bonds is 5. The molecular formula is C10H22. The maximum atomic E-state index is 7.83. The Kier molecular flexibility index (Phi) is 3.86. The fourth-order valence-electron chi connectivity index (χ4n) is 0.652. The third-order valence-corrected chi connectivity index (χ3v) is 2.06. The molecule has 0 amide bonds. The highest BCUT2D eigenvalue weighted by Gasteiger charge is 2.02. The van der Waals surface area contributed by atoms with E-state index in [0.717, 1.165) is 12.8 Å². The molecule has 4 unspecified atom stereocenters. The molecule has 0 aromatic carbocycles. The van der Waals surface area contributed by atoms with Gasteiger partial charge in [-0.05, 0) is 11.8 Å². The van der Waals surface area contributed by atoms with Gasteiger partial charge in [0.25, 0.3) is 0 Å². The summed E-state index contributed by atoms with van der Waals surface area (Å²) in [6, 6.07) is 0. The van der Waals surface area contributed by atoms with E-state index in [0.29, 0.717) is 11.8 Å². The standard InChI is InChI=1S/C10H22/c1-5-9(3)7-8-10(4)6-2/h9-10H,5-8H2,1-4H3/i7T,8T. The zero-order valence-electron chi connectivity index (χ0n) is 9.72. The van der Waals surface area contributed by atoms with E-state index in [1.807, 2.05) is 0 Å². The van der Waals surface area contributed by atoms with Crippen LogP contribution in [-0.2, 0) is 0 Å². The Morgan fingerprint density at radius 3 is 1.50 bits per heavy atom. The predicted octanol–water partition coefficient (Wildman–Crippen LogP) is 3.86. The fourth-order valence-corrected chi connectivity index (χ4v) is 0.652. The van der Waals surface area contributed by atoms with Gasteiger partial charge in [-0.1, -0.05) is 53.3 Å². The summed E-state index contributed by atoms with van der Waals surface area (Å²) in [7, 11) is 0. The lowest BCUT2D eigenvalue weighted by atomic mass is 9.95. The monoisotopic (exact) mass is 146 g/mol. The van der Waals surface area contributed by atoms with Crippen LogP contribution in [0.2, 0.25) is 0 Å². The molecular weight excluding hydrogens is 120 g/mol. The molecule has 0 N–H and O–H groups in total. The van der Waals surface area contributed by atoms with Crippen molar-refractivity contribution < 1.29 is 2.74 Å². The first-order valence-corrected chi connectivity index (χ1v) is 4.39. The van der Waals surface area contributed by atoms with Crippen LogP contribution in [-0.4, -0.2) is 0 Å². The Morgan fingerprint density at radius 1 is 1.00 bits per heavy atom. The van der Waals surface area contributed by atoms with E-state index in [2.05, 4.69) is 27.7 Å². The van der Waals surface area contributed by atoms with Crippen molar-refractivity contribution in [3.63, 3.8) is 0 Å². The molecule has 0 aromatic rings. The predicted molar refractivity (Wildman–Crippen MR) is 48.1 cm³/mol. The minimum absolute atomic E-state index is 0.204. The molecule has 4 atom stereocenters. The molecule has 0 nitrogen and oxygen atoms in total. The Labute approximate surface area is 68.8 Å². The van der Waals surface area contributed by atoms with E-state index in [9.17, 15) is 0 Å². The van der Waals surface area contributed by atoms with Gasteiger partial charge in [0.15, 0.2) is 0 Å². The Balaban J connectivity index is 3.99. The average Bonchev–Trinajstić information content (AvgIpc) is 2.12. The Morgan fingerprint density at radius 2 is 1.30 bits per heavy atom. The highest BCUT2D eigenvalue weighted by atomic mass is 14.1. The molecule has 0 radical (unpaired) electrons. The average molecular weight is 146 g/mol. The van der Waals surface area contributed by atoms with Crippen LogP contribution >= 0.6 is 0 Å². The normalized spacial score (nSPS) is 26.0. The lowest BCUT2D eigenvalue weighted by Crippen LogP contribution is -1.97. The first-order valence-electron chi connectivity index (χ1n) is 5.54. The molecule has 0 heteroatoms. The van der Waals surface area contributed by atoms with Crippen LogP contribution in [0, 0.1) is 11.8 Å². The minimum atomic E-state index is -0.204. The zero-order valence-corrected chi connectivity index (χ0v) is 7.72. The van der Waals surface area contributed by atoms with E-state index in [-0.39, 0.29) is 12.8 Å². The molecule has 0 aliphatic rings. The van der Waals surface area contributed by atoms with Gasteiger partial charge in [0, 0.05) is 2.74 Å². The second kappa shape index (κ2) is 5.76. The largest absolute Gasteiger partial charge is 0.0651 e. The van der Waals surface area contributed by atoms with Crippen LogP contribution in [0.5, 0.6) is 0 Å². The first-order chi connectivity index (χ1) is 5.54. The van der Waals surface area contributed by atoms with E-state index < -0.39 is 0 Å². The second-order valence-corrected chi connectivity index (χ2v) is 3.16. The smallest absolute Gasteiger partial charge is 0.0269 e. The van der Waals surface area contributed by atoms with E-state index in [1.54, 1.807) is 0 Å². The van der Waals surface area contributed by atoms with Crippen LogP contribution in [0.25, 0.3) is 0 Å². The third kappa shape index (κ3) is 4.84. The van der Waals surface area contributed by atoms with Crippen molar-refractivity contribution in [2.45, 2.75) is 53.3 Å². The highest BCUT2D eigenvalue weighted by Crippen LogP contribution is 2.16. The summed E-state index contributed by atoms with van der Waals surface area (Å²) < 4.78 is 15.7. The summed E-state index contributed by atoms with van der Waals surface area (Å²) in [5.41, 5.74) is 0. The van der Waals surface area contributed by atoms with Gasteiger partial charge in [-0.25, -0.2) is 0 Å². The van der Waals surface area contributed by atoms with Crippen molar-refractivity contribution in [3.05, 3.63) is 0 Å². The molecule has 0 heterocycles. The maximum absolute atomic E-state index is 7.83. The van der Waals surface area contributed by atoms with Crippen molar-refractivity contribution in [2.24, 2.45) is 11.8 Å². The fraction of sp³-hybridized carbons (Fsp3) is 1.00. The van der Waals surface area contributed by atoms with E-state index >= 15 is 0 Å². The number of hydrogen-bond acceptors (Lipinski definition) is 0. The molecule has 0 aliphatic heterocycles. The molecule has 10 heavy (non-hydrogen) atoms. The van der Waals surface area contributed by atoms with Gasteiger partial charge in [0.2, 0.25) is 0 Å². The third-order valence-electron chi connectivity index (χ3n) is 2.06. The van der Waals surface area contributed by atoms with Crippen LogP contribution in [0.1, 0.15) is 56.1 Å². The van der Waals surface area contributed by atoms with Crippen molar-refractivity contribution >= 4 is 0 Å². The summed E-state index contributed by atoms with van der Waals surface area (Å²) in [4.78, 5) is 0. The highest BCUT2D eigenvalue weighted by molar-refractivity contribution is 4.54. The molecule has 0 fully saturated rings. The van der Waals surface area contributed by atoms with E-state index in [1.165, 1.54) is 0 Å². The molecule has 0 aromatic heterocycles. The summed E-state index contributed by atoms with van der Waals surface area (Å²) in [6.45, 7) is 8.33. The molecule has 0 saturated carbocycles. The van der Waals surface area contributed by atoms with Crippen LogP contribution in [0.15, 0.2) is 0 Å². The number of hydrogen-bond donors (Lipinski definition) is 0. The van der Waals surface area contributed by atoms with Gasteiger partial charge in [0.05, 0.1) is 0 Å². The minimum Gasteiger partial charge on any atom is -0.0651 e. The van der Waals surface area contributed by atoms with Gasteiger partial charge in [0.1, 0.15) is 0 Å². The summed E-state index contributed by atoms with van der Waals surface area (Å²) in [6.07, 6.45) is 1.62. The van der Waals surface area contributed by atoms with Gasteiger partial charge >= 0.3 is 0 Å². The Hall–Kier alpha value is 0. The van der Waals surface area contributed by atoms with Crippen LogP contribution in [0.4, 0.5) is 0 Å². The summed E-state index contributed by atoms with van der Waals surface area (Å²) in [5, 5.41) is 0. The quantitative estimate of drug-likeness (QED) is 0.552. The molecule has 0 aliphatic carbocycles. The molecule has 0 spiro atoms. The summed E-state index contributed by atoms with van der Waals surface area (Å²) in [5.74, 6) is 0.725. The SMILES string of the molecule is [3H]C(C(C)CC)C([3H])C(C)CC. The lowest BCUT2D eigenvalue weighted by molar-refractivity contribution is 0.415. The maximum Gasteiger partial charge on any atom is 0.0269 e. The van der Waals surface area contributed by atoms with Gasteiger partial charge in [-0.15, -0.1) is 0 Å². The zero-order chi connectivity index (χ0) is 9.72. The first kappa shape index (κ1) is 6.69. The topological polar surface area (TPSA) is 0 Å². The van der Waals surface area contributed by atoms with Crippen LogP contribution < -0.4 is 0 Å². The summed E-state index contributed by atoms with van der Waals surface area (Å²) >= 11 is 0. The van der Waals surface area contributed by atoms with E-state index in [4.69, 9.17) is 2.74 Å². The van der Waals surface area contributed by atoms with Gasteiger partial charge in [-0.3, -0.25) is 0 Å². The van der Waals surface area contributed by atoms with Crippen molar-refractivity contribution in [1.82, 2.24) is 0 Å².